The number of allylic oxidation sites excluding steroid dienone is 2. The second kappa shape index (κ2) is 6.98. The third-order valence-electron chi connectivity index (χ3n) is 6.03. The Morgan fingerprint density at radius 1 is 0.933 bits per heavy atom. The van der Waals surface area contributed by atoms with E-state index in [-0.39, 0.29) is 53.7 Å². The highest BCUT2D eigenvalue weighted by Crippen LogP contribution is 2.52. The van der Waals surface area contributed by atoms with Crippen molar-refractivity contribution in [1.29, 1.82) is 0 Å². The van der Waals surface area contributed by atoms with Crippen LogP contribution in [0, 0.1) is 23.7 Å². The van der Waals surface area contributed by atoms with E-state index in [9.17, 15) is 19.2 Å². The number of imide groups is 1. The molecule has 1 aliphatic heterocycles. The van der Waals surface area contributed by atoms with Crippen LogP contribution in [0.1, 0.15) is 17.0 Å². The summed E-state index contributed by atoms with van der Waals surface area (Å²) in [5.74, 6) is -1.49. The fraction of sp³-hybridized carbons (Fsp3) is 0.273. The molecule has 2 fully saturated rings. The number of rotatable bonds is 5. The predicted octanol–water partition coefficient (Wildman–Crippen LogP) is 2.28. The Morgan fingerprint density at radius 3 is 2.10 bits per heavy atom. The number of anilines is 2. The van der Waals surface area contributed by atoms with Crippen LogP contribution in [0.3, 0.4) is 0 Å². The Labute approximate surface area is 171 Å². The minimum atomic E-state index is -0.440. The van der Waals surface area contributed by atoms with Crippen molar-refractivity contribution in [3.63, 3.8) is 0 Å². The highest BCUT2D eigenvalue weighted by molar-refractivity contribution is 6.09. The molecule has 8 heteroatoms. The molecule has 2 N–H and O–H groups in total. The molecule has 0 radical (unpaired) electrons. The standard InChI is InChI=1S/C22H19N3O5/c26-17(11-25-21(28)18-12-3-4-13(10-12)19(18)22(25)29)23-14-5-7-15(8-6-14)24-20(27)16-2-1-9-30-16/h1-9,12-13,18-19H,10-11H2,(H,23,26)(H,24,27). The molecule has 1 saturated carbocycles. The van der Waals surface area contributed by atoms with E-state index in [1.807, 2.05) is 12.2 Å². The van der Waals surface area contributed by atoms with Crippen LogP contribution in [0.5, 0.6) is 0 Å². The third-order valence-corrected chi connectivity index (χ3v) is 6.03. The number of fused-ring (bicyclic) bond motifs is 5. The van der Waals surface area contributed by atoms with E-state index < -0.39 is 5.91 Å². The van der Waals surface area contributed by atoms with Crippen molar-refractivity contribution in [1.82, 2.24) is 4.90 Å². The number of furan rings is 1. The number of carbonyl (C=O) groups excluding carboxylic acids is 4. The Bertz CT molecular complexity index is 1030. The average Bonchev–Trinajstić information content (AvgIpc) is 3.51. The van der Waals surface area contributed by atoms with Gasteiger partial charge in [0.1, 0.15) is 6.54 Å². The lowest BCUT2D eigenvalue weighted by molar-refractivity contribution is -0.143. The van der Waals surface area contributed by atoms with Crippen molar-refractivity contribution in [3.05, 3.63) is 60.6 Å². The van der Waals surface area contributed by atoms with Crippen LogP contribution in [0.25, 0.3) is 0 Å². The van der Waals surface area contributed by atoms with Gasteiger partial charge in [-0.3, -0.25) is 24.1 Å². The van der Waals surface area contributed by atoms with Gasteiger partial charge in [0, 0.05) is 11.4 Å². The highest BCUT2D eigenvalue weighted by atomic mass is 16.3. The number of benzene rings is 1. The molecule has 30 heavy (non-hydrogen) atoms. The average molecular weight is 405 g/mol. The summed E-state index contributed by atoms with van der Waals surface area (Å²) in [5, 5.41) is 5.37. The van der Waals surface area contributed by atoms with E-state index in [0.29, 0.717) is 11.4 Å². The van der Waals surface area contributed by atoms with Gasteiger partial charge in [0.25, 0.3) is 5.91 Å². The van der Waals surface area contributed by atoms with Crippen LogP contribution in [0.2, 0.25) is 0 Å². The first-order valence-corrected chi connectivity index (χ1v) is 9.79. The SMILES string of the molecule is O=C(CN1C(=O)C2C3C=CC(C3)C2C1=O)Nc1ccc(NC(=O)c2ccco2)cc1. The van der Waals surface area contributed by atoms with Gasteiger partial charge in [-0.25, -0.2) is 0 Å². The lowest BCUT2D eigenvalue weighted by atomic mass is 9.85. The zero-order valence-corrected chi connectivity index (χ0v) is 15.9. The summed E-state index contributed by atoms with van der Waals surface area (Å²) >= 11 is 0. The molecule has 3 aliphatic rings. The Kier molecular flexibility index (Phi) is 4.27. The molecule has 4 unspecified atom stereocenters. The van der Waals surface area contributed by atoms with Gasteiger partial charge in [0.15, 0.2) is 5.76 Å². The van der Waals surface area contributed by atoms with E-state index in [4.69, 9.17) is 4.42 Å². The molecule has 4 atom stereocenters. The lowest BCUT2D eigenvalue weighted by Gasteiger charge is -2.17. The number of amides is 4. The van der Waals surface area contributed by atoms with Gasteiger partial charge in [0.2, 0.25) is 17.7 Å². The number of likely N-dealkylation sites (tertiary alicyclic amines) is 1. The minimum absolute atomic E-state index is 0.119. The monoisotopic (exact) mass is 405 g/mol. The molecule has 1 aromatic heterocycles. The van der Waals surface area contributed by atoms with Crippen LogP contribution in [0.15, 0.2) is 59.2 Å². The Hall–Kier alpha value is -3.68. The molecule has 2 bridgehead atoms. The summed E-state index contributed by atoms with van der Waals surface area (Å²) < 4.78 is 5.04. The van der Waals surface area contributed by atoms with Crippen molar-refractivity contribution < 1.29 is 23.6 Å². The first-order valence-electron chi connectivity index (χ1n) is 9.79. The third kappa shape index (κ3) is 3.01. The van der Waals surface area contributed by atoms with Gasteiger partial charge in [-0.1, -0.05) is 12.2 Å². The van der Waals surface area contributed by atoms with E-state index >= 15 is 0 Å². The largest absolute Gasteiger partial charge is 0.459 e. The first kappa shape index (κ1) is 18.4. The van der Waals surface area contributed by atoms with Crippen LogP contribution in [-0.2, 0) is 14.4 Å². The fourth-order valence-electron chi connectivity index (χ4n) is 4.70. The van der Waals surface area contributed by atoms with Crippen molar-refractivity contribution in [2.24, 2.45) is 23.7 Å². The molecule has 2 heterocycles. The van der Waals surface area contributed by atoms with E-state index in [1.165, 1.54) is 6.26 Å². The van der Waals surface area contributed by atoms with Crippen LogP contribution >= 0.6 is 0 Å². The van der Waals surface area contributed by atoms with E-state index in [2.05, 4.69) is 10.6 Å². The second-order valence-electron chi connectivity index (χ2n) is 7.82. The lowest BCUT2D eigenvalue weighted by Crippen LogP contribution is -2.39. The maximum atomic E-state index is 12.7. The molecule has 5 rings (SSSR count). The summed E-state index contributed by atoms with van der Waals surface area (Å²) in [7, 11) is 0. The Morgan fingerprint density at radius 2 is 1.53 bits per heavy atom. The summed E-state index contributed by atoms with van der Waals surface area (Å²) in [6, 6.07) is 9.70. The fourth-order valence-corrected chi connectivity index (χ4v) is 4.70. The van der Waals surface area contributed by atoms with Crippen molar-refractivity contribution in [2.45, 2.75) is 6.42 Å². The van der Waals surface area contributed by atoms with Gasteiger partial charge < -0.3 is 15.1 Å². The molecule has 1 aromatic carbocycles. The summed E-state index contributed by atoms with van der Waals surface area (Å²) in [6.07, 6.45) is 6.31. The molecule has 0 spiro atoms. The maximum Gasteiger partial charge on any atom is 0.291 e. The van der Waals surface area contributed by atoms with Crippen molar-refractivity contribution in [3.8, 4) is 0 Å². The number of hydrogen-bond acceptors (Lipinski definition) is 5. The number of hydrogen-bond donors (Lipinski definition) is 2. The number of carbonyl (C=O) groups is 4. The highest BCUT2D eigenvalue weighted by Gasteiger charge is 2.59. The van der Waals surface area contributed by atoms with Crippen LogP contribution < -0.4 is 10.6 Å². The maximum absolute atomic E-state index is 12.7. The molecular weight excluding hydrogens is 386 g/mol. The predicted molar refractivity (Wildman–Crippen MR) is 106 cm³/mol. The summed E-state index contributed by atoms with van der Waals surface area (Å²) in [6.45, 7) is -0.291. The summed E-state index contributed by atoms with van der Waals surface area (Å²) in [4.78, 5) is 50.8. The Balaban J connectivity index is 1.19. The quantitative estimate of drug-likeness (QED) is 0.586. The minimum Gasteiger partial charge on any atom is -0.459 e. The smallest absolute Gasteiger partial charge is 0.291 e. The molecule has 8 nitrogen and oxygen atoms in total. The molecule has 1 saturated heterocycles. The summed E-state index contributed by atoms with van der Waals surface area (Å²) in [5.41, 5.74) is 1.03. The topological polar surface area (TPSA) is 109 Å². The molecular formula is C22H19N3O5. The van der Waals surface area contributed by atoms with Gasteiger partial charge >= 0.3 is 0 Å². The van der Waals surface area contributed by atoms with Crippen LogP contribution in [-0.4, -0.2) is 35.1 Å². The van der Waals surface area contributed by atoms with Gasteiger partial charge in [0.05, 0.1) is 18.1 Å². The van der Waals surface area contributed by atoms with Crippen molar-refractivity contribution in [2.75, 3.05) is 17.2 Å². The van der Waals surface area contributed by atoms with E-state index in [0.717, 1.165) is 11.3 Å². The molecule has 152 valence electrons. The van der Waals surface area contributed by atoms with Gasteiger partial charge in [-0.05, 0) is 54.7 Å². The van der Waals surface area contributed by atoms with E-state index in [1.54, 1.807) is 36.4 Å². The zero-order chi connectivity index (χ0) is 20.8. The molecule has 2 aliphatic carbocycles. The molecule has 4 amide bonds. The first-order chi connectivity index (χ1) is 14.5. The molecule has 2 aromatic rings. The van der Waals surface area contributed by atoms with Crippen molar-refractivity contribution >= 4 is 35.0 Å². The zero-order valence-electron chi connectivity index (χ0n) is 15.9. The van der Waals surface area contributed by atoms with Gasteiger partial charge in [-0.2, -0.15) is 0 Å². The van der Waals surface area contributed by atoms with Crippen LogP contribution in [0.4, 0.5) is 11.4 Å². The second-order valence-corrected chi connectivity index (χ2v) is 7.82. The van der Waals surface area contributed by atoms with Gasteiger partial charge in [-0.15, -0.1) is 0 Å². The number of nitrogens with zero attached hydrogens (tertiary/aromatic N) is 1. The number of nitrogens with one attached hydrogen (secondary N) is 2. The normalized spacial score (nSPS) is 26.2.